The molecule has 1 aromatic carbocycles. The van der Waals surface area contributed by atoms with Gasteiger partial charge >= 0.3 is 0 Å². The molecule has 0 bridgehead atoms. The molecule has 0 amide bonds. The van der Waals surface area contributed by atoms with E-state index in [9.17, 15) is 0 Å². The molecule has 0 saturated heterocycles. The summed E-state index contributed by atoms with van der Waals surface area (Å²) in [6, 6.07) is 7.44. The lowest BCUT2D eigenvalue weighted by molar-refractivity contribution is 0.318. The van der Waals surface area contributed by atoms with E-state index in [0.29, 0.717) is 18.7 Å². The Balaban J connectivity index is 2.75. The fourth-order valence-electron chi connectivity index (χ4n) is 1.23. The number of hydrogen-bond donors (Lipinski definition) is 1. The summed E-state index contributed by atoms with van der Waals surface area (Å²) < 4.78 is 5.34. The molecule has 3 nitrogen and oxygen atoms in total. The number of benzene rings is 1. The Bertz CT molecular complexity index is 341. The number of rotatable bonds is 5. The van der Waals surface area contributed by atoms with E-state index in [-0.39, 0.29) is 0 Å². The van der Waals surface area contributed by atoms with Gasteiger partial charge in [0.05, 0.1) is 5.71 Å². The van der Waals surface area contributed by atoms with Gasteiger partial charge in [-0.05, 0) is 36.2 Å². The number of nitrogens with zero attached hydrogens (tertiary/aromatic N) is 1. The average Bonchev–Trinajstić information content (AvgIpc) is 2.29. The van der Waals surface area contributed by atoms with Gasteiger partial charge in [-0.25, -0.2) is 0 Å². The fourth-order valence-corrected chi connectivity index (χ4v) is 1.23. The Labute approximate surface area is 89.7 Å². The maximum absolute atomic E-state index is 8.73. The smallest absolute Gasteiger partial charge is 0.119 e. The van der Waals surface area contributed by atoms with Crippen molar-refractivity contribution in [2.24, 2.45) is 5.16 Å². The second-order valence-corrected chi connectivity index (χ2v) is 3.02. The number of hydrogen-bond acceptors (Lipinski definition) is 3. The van der Waals surface area contributed by atoms with Gasteiger partial charge in [-0.3, -0.25) is 0 Å². The quantitative estimate of drug-likeness (QED) is 0.347. The summed E-state index contributed by atoms with van der Waals surface area (Å²) in [5.74, 6) is 0.784. The molecule has 0 unspecified atom stereocenters. The Morgan fingerprint density at radius 1 is 1.47 bits per heavy atom. The highest BCUT2D eigenvalue weighted by Gasteiger charge is 2.01. The molecule has 0 aliphatic rings. The average molecular weight is 205 g/mol. The van der Waals surface area contributed by atoms with Gasteiger partial charge in [-0.2, -0.15) is 0 Å². The predicted octanol–water partition coefficient (Wildman–Crippen LogP) is 2.84. The van der Waals surface area contributed by atoms with Crippen molar-refractivity contribution in [3.63, 3.8) is 0 Å². The Morgan fingerprint density at radius 3 is 2.60 bits per heavy atom. The second kappa shape index (κ2) is 5.86. The van der Waals surface area contributed by atoms with Crippen LogP contribution in [0.1, 0.15) is 18.9 Å². The number of ether oxygens (including phenoxy) is 1. The third kappa shape index (κ3) is 3.13. The first-order chi connectivity index (χ1) is 7.31. The van der Waals surface area contributed by atoms with Crippen molar-refractivity contribution in [1.29, 1.82) is 0 Å². The normalized spacial score (nSPS) is 11.1. The summed E-state index contributed by atoms with van der Waals surface area (Å²) >= 11 is 0. The zero-order valence-electron chi connectivity index (χ0n) is 8.81. The van der Waals surface area contributed by atoms with Crippen molar-refractivity contribution in [3.05, 3.63) is 42.5 Å². The van der Waals surface area contributed by atoms with Crippen molar-refractivity contribution < 1.29 is 9.94 Å². The molecule has 15 heavy (non-hydrogen) atoms. The van der Waals surface area contributed by atoms with Crippen molar-refractivity contribution >= 4 is 5.71 Å². The molecule has 3 heteroatoms. The molecule has 0 saturated carbocycles. The lowest BCUT2D eigenvalue weighted by Crippen LogP contribution is -1.99. The number of oxime groups is 1. The van der Waals surface area contributed by atoms with Gasteiger partial charge < -0.3 is 9.94 Å². The van der Waals surface area contributed by atoms with Gasteiger partial charge in [-0.15, -0.1) is 0 Å². The van der Waals surface area contributed by atoms with Gasteiger partial charge in [0, 0.05) is 0 Å². The Kier molecular flexibility index (Phi) is 4.41. The largest absolute Gasteiger partial charge is 0.490 e. The van der Waals surface area contributed by atoms with Crippen LogP contribution in [-0.2, 0) is 0 Å². The summed E-state index contributed by atoms with van der Waals surface area (Å²) in [6.45, 7) is 6.01. The van der Waals surface area contributed by atoms with E-state index in [1.165, 1.54) is 0 Å². The monoisotopic (exact) mass is 205 g/mol. The van der Waals surface area contributed by atoms with Gasteiger partial charge in [0.15, 0.2) is 0 Å². The summed E-state index contributed by atoms with van der Waals surface area (Å²) in [7, 11) is 0. The van der Waals surface area contributed by atoms with E-state index in [4.69, 9.17) is 9.94 Å². The van der Waals surface area contributed by atoms with Crippen LogP contribution < -0.4 is 4.74 Å². The minimum absolute atomic E-state index is 0.494. The third-order valence-corrected chi connectivity index (χ3v) is 2.01. The topological polar surface area (TPSA) is 41.8 Å². The van der Waals surface area contributed by atoms with Crippen LogP contribution in [-0.4, -0.2) is 17.5 Å². The maximum atomic E-state index is 8.73. The molecule has 0 fully saturated rings. The minimum Gasteiger partial charge on any atom is -0.490 e. The van der Waals surface area contributed by atoms with Crippen LogP contribution >= 0.6 is 0 Å². The van der Waals surface area contributed by atoms with Crippen molar-refractivity contribution in [1.82, 2.24) is 0 Å². The van der Waals surface area contributed by atoms with Crippen LogP contribution in [0, 0.1) is 0 Å². The van der Waals surface area contributed by atoms with Crippen LogP contribution in [0.5, 0.6) is 5.75 Å². The molecule has 0 aliphatic heterocycles. The third-order valence-electron chi connectivity index (χ3n) is 2.01. The minimum atomic E-state index is 0.494. The molecule has 1 aromatic rings. The molecule has 0 aliphatic carbocycles. The molecule has 0 heterocycles. The van der Waals surface area contributed by atoms with E-state index in [2.05, 4.69) is 11.7 Å². The lowest BCUT2D eigenvalue weighted by atomic mass is 10.1. The SMILES string of the molecule is C=CCOc1ccc(/C(CC)=N\O)cc1. The molecular weight excluding hydrogens is 190 g/mol. The van der Waals surface area contributed by atoms with Crippen molar-refractivity contribution in [2.45, 2.75) is 13.3 Å². The molecule has 80 valence electrons. The highest BCUT2D eigenvalue weighted by molar-refractivity contribution is 6.00. The van der Waals surface area contributed by atoms with Crippen LogP contribution in [0.4, 0.5) is 0 Å². The summed E-state index contributed by atoms with van der Waals surface area (Å²) in [5, 5.41) is 12.0. The maximum Gasteiger partial charge on any atom is 0.119 e. The van der Waals surface area contributed by atoms with Crippen LogP contribution in [0.2, 0.25) is 0 Å². The second-order valence-electron chi connectivity index (χ2n) is 3.02. The molecule has 0 aromatic heterocycles. The standard InChI is InChI=1S/C12H15NO2/c1-3-9-15-11-7-5-10(6-8-11)12(4-2)13-14/h3,5-8,14H,1,4,9H2,2H3/b13-12-. The van der Waals surface area contributed by atoms with Gasteiger partial charge in [0.1, 0.15) is 12.4 Å². The van der Waals surface area contributed by atoms with Crippen molar-refractivity contribution in [2.75, 3.05) is 6.61 Å². The zero-order chi connectivity index (χ0) is 11.1. The first-order valence-corrected chi connectivity index (χ1v) is 4.86. The Morgan fingerprint density at radius 2 is 2.13 bits per heavy atom. The van der Waals surface area contributed by atoms with E-state index in [1.807, 2.05) is 31.2 Å². The van der Waals surface area contributed by atoms with Gasteiger partial charge in [0.25, 0.3) is 0 Å². The first-order valence-electron chi connectivity index (χ1n) is 4.86. The van der Waals surface area contributed by atoms with Gasteiger partial charge in [-0.1, -0.05) is 24.7 Å². The lowest BCUT2D eigenvalue weighted by Gasteiger charge is -2.05. The zero-order valence-corrected chi connectivity index (χ0v) is 8.81. The van der Waals surface area contributed by atoms with E-state index < -0.39 is 0 Å². The van der Waals surface area contributed by atoms with Crippen LogP contribution in [0.15, 0.2) is 42.1 Å². The van der Waals surface area contributed by atoms with E-state index >= 15 is 0 Å². The summed E-state index contributed by atoms with van der Waals surface area (Å²) in [4.78, 5) is 0. The van der Waals surface area contributed by atoms with E-state index in [0.717, 1.165) is 11.3 Å². The molecule has 0 radical (unpaired) electrons. The first kappa shape index (κ1) is 11.3. The highest BCUT2D eigenvalue weighted by atomic mass is 16.5. The Hall–Kier alpha value is -1.77. The fraction of sp³-hybridized carbons (Fsp3) is 0.250. The molecule has 0 atom stereocenters. The van der Waals surface area contributed by atoms with E-state index in [1.54, 1.807) is 6.08 Å². The summed E-state index contributed by atoms with van der Waals surface area (Å²) in [5.41, 5.74) is 1.58. The molecular formula is C12H15NO2. The van der Waals surface area contributed by atoms with Crippen LogP contribution in [0.3, 0.4) is 0 Å². The predicted molar refractivity (Wildman–Crippen MR) is 60.7 cm³/mol. The van der Waals surface area contributed by atoms with Crippen LogP contribution in [0.25, 0.3) is 0 Å². The summed E-state index contributed by atoms with van der Waals surface area (Å²) in [6.07, 6.45) is 2.39. The molecule has 1 rings (SSSR count). The molecule has 0 spiro atoms. The molecule has 1 N–H and O–H groups in total. The van der Waals surface area contributed by atoms with Gasteiger partial charge in [0.2, 0.25) is 0 Å². The van der Waals surface area contributed by atoms with Crippen molar-refractivity contribution in [3.8, 4) is 5.75 Å². The highest BCUT2D eigenvalue weighted by Crippen LogP contribution is 2.13.